The molecule has 1 aromatic rings. The molecule has 0 aromatic heterocycles. The average molecular weight is 261 g/mol. The van der Waals surface area contributed by atoms with Crippen molar-refractivity contribution in [1.29, 1.82) is 0 Å². The molecule has 0 aliphatic carbocycles. The van der Waals surface area contributed by atoms with Gasteiger partial charge in [0.1, 0.15) is 0 Å². The maximum absolute atomic E-state index is 5.96. The third-order valence-electron chi connectivity index (χ3n) is 2.91. The highest BCUT2D eigenvalue weighted by molar-refractivity contribution is 5.43. The van der Waals surface area contributed by atoms with Crippen molar-refractivity contribution in [3.05, 3.63) is 23.8 Å². The average Bonchev–Trinajstić information content (AvgIpc) is 2.44. The van der Waals surface area contributed by atoms with Crippen molar-refractivity contribution in [3.8, 4) is 23.3 Å². The zero-order chi connectivity index (χ0) is 14.1. The smallest absolute Gasteiger partial charge is 0.161 e. The van der Waals surface area contributed by atoms with Gasteiger partial charge in [0.25, 0.3) is 0 Å². The van der Waals surface area contributed by atoms with Gasteiger partial charge in [-0.15, -0.1) is 11.8 Å². The first kappa shape index (κ1) is 15.4. The molecular formula is C16H23NO2. The predicted molar refractivity (Wildman–Crippen MR) is 78.5 cm³/mol. The molecule has 19 heavy (non-hydrogen) atoms. The number of nitrogens with two attached hydrogens (primary N) is 1. The fourth-order valence-corrected chi connectivity index (χ4v) is 1.74. The minimum atomic E-state index is 0.191. The molecule has 0 amide bonds. The number of hydrogen-bond acceptors (Lipinski definition) is 3. The Kier molecular flexibility index (Phi) is 6.84. The largest absolute Gasteiger partial charge is 0.493 e. The SMILES string of the molecule is CC#CCCOc1ccc(CC(N)CC)cc1OC. The van der Waals surface area contributed by atoms with Crippen LogP contribution in [-0.2, 0) is 6.42 Å². The van der Waals surface area contributed by atoms with Crippen LogP contribution >= 0.6 is 0 Å². The van der Waals surface area contributed by atoms with E-state index in [-0.39, 0.29) is 6.04 Å². The molecule has 0 spiro atoms. The van der Waals surface area contributed by atoms with Crippen molar-refractivity contribution >= 4 is 0 Å². The molecule has 1 rings (SSSR count). The molecule has 1 atom stereocenters. The first-order valence-electron chi connectivity index (χ1n) is 6.66. The van der Waals surface area contributed by atoms with Crippen molar-refractivity contribution in [2.75, 3.05) is 13.7 Å². The van der Waals surface area contributed by atoms with Crippen molar-refractivity contribution in [3.63, 3.8) is 0 Å². The van der Waals surface area contributed by atoms with Crippen LogP contribution in [0.5, 0.6) is 11.5 Å². The van der Waals surface area contributed by atoms with E-state index in [1.807, 2.05) is 25.1 Å². The second kappa shape index (κ2) is 8.44. The van der Waals surface area contributed by atoms with Crippen LogP contribution in [0.25, 0.3) is 0 Å². The van der Waals surface area contributed by atoms with Crippen LogP contribution in [0, 0.1) is 11.8 Å². The zero-order valence-corrected chi connectivity index (χ0v) is 12.0. The van der Waals surface area contributed by atoms with Crippen LogP contribution in [0.15, 0.2) is 18.2 Å². The summed E-state index contributed by atoms with van der Waals surface area (Å²) in [5, 5.41) is 0. The van der Waals surface area contributed by atoms with Crippen LogP contribution < -0.4 is 15.2 Å². The van der Waals surface area contributed by atoms with Crippen molar-refractivity contribution in [1.82, 2.24) is 0 Å². The topological polar surface area (TPSA) is 44.5 Å². The molecule has 0 aliphatic rings. The lowest BCUT2D eigenvalue weighted by Crippen LogP contribution is -2.21. The molecule has 0 radical (unpaired) electrons. The summed E-state index contributed by atoms with van der Waals surface area (Å²) >= 11 is 0. The quantitative estimate of drug-likeness (QED) is 0.606. The number of rotatable bonds is 7. The molecular weight excluding hydrogens is 238 g/mol. The molecule has 0 aliphatic heterocycles. The van der Waals surface area contributed by atoms with E-state index in [1.165, 1.54) is 5.56 Å². The molecule has 104 valence electrons. The normalized spacial score (nSPS) is 11.4. The predicted octanol–water partition coefficient (Wildman–Crippen LogP) is 2.77. The molecule has 0 heterocycles. The first-order chi connectivity index (χ1) is 9.21. The number of benzene rings is 1. The Labute approximate surface area is 116 Å². The molecule has 0 saturated carbocycles. The number of hydrogen-bond donors (Lipinski definition) is 1. The minimum Gasteiger partial charge on any atom is -0.493 e. The van der Waals surface area contributed by atoms with Gasteiger partial charge in [0.15, 0.2) is 11.5 Å². The van der Waals surface area contributed by atoms with E-state index in [0.29, 0.717) is 6.61 Å². The molecule has 1 aromatic carbocycles. The molecule has 0 fully saturated rings. The van der Waals surface area contributed by atoms with Crippen molar-refractivity contribution in [2.24, 2.45) is 5.73 Å². The van der Waals surface area contributed by atoms with Crippen LogP contribution in [0.4, 0.5) is 0 Å². The molecule has 1 unspecified atom stereocenters. The summed E-state index contributed by atoms with van der Waals surface area (Å²) in [5.74, 6) is 7.33. The van der Waals surface area contributed by atoms with Gasteiger partial charge in [-0.25, -0.2) is 0 Å². The Hall–Kier alpha value is -1.66. The lowest BCUT2D eigenvalue weighted by Gasteiger charge is -2.13. The van der Waals surface area contributed by atoms with E-state index in [2.05, 4.69) is 18.8 Å². The Morgan fingerprint density at radius 1 is 1.32 bits per heavy atom. The van der Waals surface area contributed by atoms with Crippen molar-refractivity contribution in [2.45, 2.75) is 39.2 Å². The third-order valence-corrected chi connectivity index (χ3v) is 2.91. The highest BCUT2D eigenvalue weighted by atomic mass is 16.5. The van der Waals surface area contributed by atoms with E-state index in [0.717, 1.165) is 30.8 Å². The Morgan fingerprint density at radius 3 is 2.74 bits per heavy atom. The Balaban J connectivity index is 2.69. The molecule has 3 heteroatoms. The number of ether oxygens (including phenoxy) is 2. The molecule has 0 bridgehead atoms. The second-order valence-electron chi connectivity index (χ2n) is 4.38. The highest BCUT2D eigenvalue weighted by Crippen LogP contribution is 2.28. The Bertz CT molecular complexity index is 446. The van der Waals surface area contributed by atoms with Gasteiger partial charge in [0.2, 0.25) is 0 Å². The fourth-order valence-electron chi connectivity index (χ4n) is 1.74. The summed E-state index contributed by atoms with van der Waals surface area (Å²) in [4.78, 5) is 0. The maximum Gasteiger partial charge on any atom is 0.161 e. The summed E-state index contributed by atoms with van der Waals surface area (Å²) in [6, 6.07) is 6.17. The molecule has 0 saturated heterocycles. The van der Waals surface area contributed by atoms with Gasteiger partial charge < -0.3 is 15.2 Å². The lowest BCUT2D eigenvalue weighted by atomic mass is 10.0. The number of methoxy groups -OCH3 is 1. The van der Waals surface area contributed by atoms with E-state index < -0.39 is 0 Å². The van der Waals surface area contributed by atoms with Gasteiger partial charge in [-0.3, -0.25) is 0 Å². The van der Waals surface area contributed by atoms with E-state index >= 15 is 0 Å². The lowest BCUT2D eigenvalue weighted by molar-refractivity contribution is 0.301. The van der Waals surface area contributed by atoms with Gasteiger partial charge in [-0.1, -0.05) is 13.0 Å². The van der Waals surface area contributed by atoms with Gasteiger partial charge >= 0.3 is 0 Å². The van der Waals surface area contributed by atoms with Crippen LogP contribution in [0.3, 0.4) is 0 Å². The van der Waals surface area contributed by atoms with Crippen molar-refractivity contribution < 1.29 is 9.47 Å². The van der Waals surface area contributed by atoms with E-state index in [9.17, 15) is 0 Å². The van der Waals surface area contributed by atoms with Gasteiger partial charge in [0.05, 0.1) is 13.7 Å². The first-order valence-corrected chi connectivity index (χ1v) is 6.66. The minimum absolute atomic E-state index is 0.191. The summed E-state index contributed by atoms with van der Waals surface area (Å²) < 4.78 is 11.0. The maximum atomic E-state index is 5.96. The summed E-state index contributed by atoms with van der Waals surface area (Å²) in [5.41, 5.74) is 7.13. The van der Waals surface area contributed by atoms with Gasteiger partial charge in [-0.05, 0) is 37.5 Å². The zero-order valence-electron chi connectivity index (χ0n) is 12.0. The Morgan fingerprint density at radius 2 is 2.11 bits per heavy atom. The molecule has 3 nitrogen and oxygen atoms in total. The van der Waals surface area contributed by atoms with Crippen LogP contribution in [0.2, 0.25) is 0 Å². The van der Waals surface area contributed by atoms with E-state index in [1.54, 1.807) is 7.11 Å². The fraction of sp³-hybridized carbons (Fsp3) is 0.500. The van der Waals surface area contributed by atoms with E-state index in [4.69, 9.17) is 15.2 Å². The van der Waals surface area contributed by atoms with Gasteiger partial charge in [-0.2, -0.15) is 0 Å². The third kappa shape index (κ3) is 5.23. The highest BCUT2D eigenvalue weighted by Gasteiger charge is 2.08. The second-order valence-corrected chi connectivity index (χ2v) is 4.38. The van der Waals surface area contributed by atoms with Crippen LogP contribution in [-0.4, -0.2) is 19.8 Å². The summed E-state index contributed by atoms with van der Waals surface area (Å²) in [6.45, 7) is 4.49. The molecule has 2 N–H and O–H groups in total. The van der Waals surface area contributed by atoms with Crippen LogP contribution in [0.1, 0.15) is 32.3 Å². The standard InChI is InChI=1S/C16H23NO2/c1-4-6-7-10-19-15-9-8-13(11-14(17)5-2)12-16(15)18-3/h8-9,12,14H,5,7,10-11,17H2,1-3H3. The van der Waals surface area contributed by atoms with Gasteiger partial charge in [0, 0.05) is 12.5 Å². The monoisotopic (exact) mass is 261 g/mol. The summed E-state index contributed by atoms with van der Waals surface area (Å²) in [6.07, 6.45) is 2.55. The summed E-state index contributed by atoms with van der Waals surface area (Å²) in [7, 11) is 1.65.